The van der Waals surface area contributed by atoms with Gasteiger partial charge >= 0.3 is 0 Å². The van der Waals surface area contributed by atoms with Crippen molar-refractivity contribution in [3.05, 3.63) is 51.9 Å². The van der Waals surface area contributed by atoms with Gasteiger partial charge in [-0.2, -0.15) is 5.10 Å². The summed E-state index contributed by atoms with van der Waals surface area (Å²) in [4.78, 5) is 11.4. The van der Waals surface area contributed by atoms with Crippen LogP contribution >= 0.6 is 0 Å². The Hall–Kier alpha value is -2.10. The quantitative estimate of drug-likeness (QED) is 0.787. The van der Waals surface area contributed by atoms with Crippen molar-refractivity contribution in [3.63, 3.8) is 0 Å². The van der Waals surface area contributed by atoms with Crippen LogP contribution in [0.25, 0.3) is 5.69 Å². The molecule has 2 rings (SSSR count). The molecule has 1 aromatic heterocycles. The van der Waals surface area contributed by atoms with Crippen molar-refractivity contribution in [1.29, 1.82) is 0 Å². The lowest BCUT2D eigenvalue weighted by Gasteiger charge is -2.09. The number of benzene rings is 1. The zero-order valence-corrected chi connectivity index (χ0v) is 9.14. The van der Waals surface area contributed by atoms with Crippen LogP contribution in [-0.2, 0) is 0 Å². The molecule has 0 aliphatic carbocycles. The molecule has 4 heteroatoms. The van der Waals surface area contributed by atoms with Gasteiger partial charge in [0.05, 0.1) is 5.69 Å². The summed E-state index contributed by atoms with van der Waals surface area (Å²) in [7, 11) is 0. The van der Waals surface area contributed by atoms with Crippen molar-refractivity contribution >= 4 is 0 Å². The monoisotopic (exact) mass is 216 g/mol. The molecule has 0 saturated carbocycles. The van der Waals surface area contributed by atoms with E-state index in [1.807, 2.05) is 6.92 Å². The lowest BCUT2D eigenvalue weighted by molar-refractivity contribution is 0.475. The van der Waals surface area contributed by atoms with E-state index in [2.05, 4.69) is 5.10 Å². The fourth-order valence-corrected chi connectivity index (χ4v) is 1.49. The van der Waals surface area contributed by atoms with Gasteiger partial charge in [0.2, 0.25) is 5.43 Å². The van der Waals surface area contributed by atoms with E-state index in [1.54, 1.807) is 41.9 Å². The Balaban J connectivity index is 2.60. The Labute approximate surface area is 92.8 Å². The summed E-state index contributed by atoms with van der Waals surface area (Å²) >= 11 is 0. The Kier molecular flexibility index (Phi) is 2.48. The Morgan fingerprint density at radius 1 is 1.19 bits per heavy atom. The number of aryl methyl sites for hydroxylation is 2. The fraction of sp³-hybridized carbons (Fsp3) is 0.167. The molecule has 0 aliphatic heterocycles. The largest absolute Gasteiger partial charge is 0.508 e. The van der Waals surface area contributed by atoms with Gasteiger partial charge in [-0.15, -0.1) is 0 Å². The van der Waals surface area contributed by atoms with Crippen LogP contribution in [0.2, 0.25) is 0 Å². The average Bonchev–Trinajstić information content (AvgIpc) is 2.25. The predicted molar refractivity (Wildman–Crippen MR) is 61.0 cm³/mol. The number of nitrogens with zero attached hydrogens (tertiary/aromatic N) is 2. The maximum atomic E-state index is 11.4. The van der Waals surface area contributed by atoms with Gasteiger partial charge in [0.25, 0.3) is 0 Å². The van der Waals surface area contributed by atoms with Gasteiger partial charge in [-0.1, -0.05) is 0 Å². The van der Waals surface area contributed by atoms with Gasteiger partial charge in [-0.25, -0.2) is 4.68 Å². The normalized spacial score (nSPS) is 10.4. The lowest BCUT2D eigenvalue weighted by atomic mass is 10.3. The average molecular weight is 216 g/mol. The molecule has 0 aliphatic rings. The van der Waals surface area contributed by atoms with E-state index in [0.717, 1.165) is 11.4 Å². The zero-order chi connectivity index (χ0) is 11.7. The van der Waals surface area contributed by atoms with Crippen molar-refractivity contribution in [2.24, 2.45) is 0 Å². The second-order valence-electron chi connectivity index (χ2n) is 3.66. The van der Waals surface area contributed by atoms with E-state index >= 15 is 0 Å². The Morgan fingerprint density at radius 2 is 1.81 bits per heavy atom. The highest BCUT2D eigenvalue weighted by molar-refractivity contribution is 5.37. The topological polar surface area (TPSA) is 55.1 Å². The molecule has 4 nitrogen and oxygen atoms in total. The summed E-state index contributed by atoms with van der Waals surface area (Å²) in [6.45, 7) is 3.50. The number of hydrogen-bond donors (Lipinski definition) is 1. The molecule has 1 N–H and O–H groups in total. The molecule has 0 unspecified atom stereocenters. The molecular weight excluding hydrogens is 204 g/mol. The lowest BCUT2D eigenvalue weighted by Crippen LogP contribution is -2.15. The molecule has 0 atom stereocenters. The van der Waals surface area contributed by atoms with Gasteiger partial charge in [-0.05, 0) is 38.1 Å². The first kappa shape index (κ1) is 10.4. The van der Waals surface area contributed by atoms with Crippen LogP contribution in [0.5, 0.6) is 5.75 Å². The van der Waals surface area contributed by atoms with Crippen LogP contribution in [0.1, 0.15) is 11.4 Å². The first-order chi connectivity index (χ1) is 7.58. The zero-order valence-electron chi connectivity index (χ0n) is 9.14. The van der Waals surface area contributed by atoms with Gasteiger partial charge in [0.1, 0.15) is 11.4 Å². The highest BCUT2D eigenvalue weighted by Crippen LogP contribution is 2.13. The second kappa shape index (κ2) is 3.81. The number of aromatic hydroxyl groups is 1. The van der Waals surface area contributed by atoms with E-state index in [0.29, 0.717) is 5.69 Å². The maximum Gasteiger partial charge on any atom is 0.203 e. The maximum absolute atomic E-state index is 11.4. The Morgan fingerprint density at radius 3 is 2.44 bits per heavy atom. The molecule has 16 heavy (non-hydrogen) atoms. The molecule has 0 radical (unpaired) electrons. The number of phenols is 1. The molecule has 2 aromatic rings. The Bertz CT molecular complexity index is 571. The van der Waals surface area contributed by atoms with Gasteiger partial charge in [0, 0.05) is 11.8 Å². The smallest absolute Gasteiger partial charge is 0.203 e. The standard InChI is InChI=1S/C12H12N2O2/c1-8-7-12(16)9(2)13-14(8)10-3-5-11(15)6-4-10/h3-7,15H,1-2H3. The summed E-state index contributed by atoms with van der Waals surface area (Å²) in [6.07, 6.45) is 0. The first-order valence-corrected chi connectivity index (χ1v) is 4.95. The number of phenolic OH excluding ortho intramolecular Hbond substituents is 1. The fourth-order valence-electron chi connectivity index (χ4n) is 1.49. The van der Waals surface area contributed by atoms with Crippen LogP contribution in [0, 0.1) is 13.8 Å². The highest BCUT2D eigenvalue weighted by Gasteiger charge is 2.03. The summed E-state index contributed by atoms with van der Waals surface area (Å²) in [5, 5.41) is 13.4. The third-order valence-corrected chi connectivity index (χ3v) is 2.37. The van der Waals surface area contributed by atoms with Crippen LogP contribution in [0.15, 0.2) is 35.1 Å². The minimum Gasteiger partial charge on any atom is -0.508 e. The van der Waals surface area contributed by atoms with Crippen LogP contribution < -0.4 is 5.43 Å². The molecule has 0 fully saturated rings. The third-order valence-electron chi connectivity index (χ3n) is 2.37. The van der Waals surface area contributed by atoms with Crippen LogP contribution in [-0.4, -0.2) is 14.9 Å². The van der Waals surface area contributed by atoms with E-state index in [4.69, 9.17) is 0 Å². The molecule has 1 heterocycles. The summed E-state index contributed by atoms with van der Waals surface area (Å²) in [5.41, 5.74) is 1.98. The molecular formula is C12H12N2O2. The van der Waals surface area contributed by atoms with Crippen molar-refractivity contribution in [3.8, 4) is 11.4 Å². The summed E-state index contributed by atoms with van der Waals surface area (Å²) < 4.78 is 1.68. The summed E-state index contributed by atoms with van der Waals surface area (Å²) in [5.74, 6) is 0.208. The van der Waals surface area contributed by atoms with E-state index < -0.39 is 0 Å². The SMILES string of the molecule is Cc1nn(-c2ccc(O)cc2)c(C)cc1=O. The van der Waals surface area contributed by atoms with Crippen molar-refractivity contribution in [2.75, 3.05) is 0 Å². The molecule has 0 amide bonds. The number of rotatable bonds is 1. The van der Waals surface area contributed by atoms with E-state index in [1.165, 1.54) is 0 Å². The van der Waals surface area contributed by atoms with Crippen molar-refractivity contribution in [2.45, 2.75) is 13.8 Å². The van der Waals surface area contributed by atoms with Crippen LogP contribution in [0.3, 0.4) is 0 Å². The number of hydrogen-bond acceptors (Lipinski definition) is 3. The van der Waals surface area contributed by atoms with Gasteiger partial charge < -0.3 is 5.11 Å². The van der Waals surface area contributed by atoms with E-state index in [-0.39, 0.29) is 11.2 Å². The van der Waals surface area contributed by atoms with E-state index in [9.17, 15) is 9.90 Å². The molecule has 82 valence electrons. The van der Waals surface area contributed by atoms with Gasteiger partial charge in [-0.3, -0.25) is 4.79 Å². The molecule has 1 aromatic carbocycles. The van der Waals surface area contributed by atoms with Crippen LogP contribution in [0.4, 0.5) is 0 Å². The van der Waals surface area contributed by atoms with Gasteiger partial charge in [0.15, 0.2) is 0 Å². The minimum absolute atomic E-state index is 0.0625. The van der Waals surface area contributed by atoms with Crippen molar-refractivity contribution < 1.29 is 5.11 Å². The molecule has 0 bridgehead atoms. The molecule has 0 spiro atoms. The highest BCUT2D eigenvalue weighted by atomic mass is 16.3. The number of aromatic nitrogens is 2. The summed E-state index contributed by atoms with van der Waals surface area (Å²) in [6, 6.07) is 8.22. The minimum atomic E-state index is -0.0625. The first-order valence-electron chi connectivity index (χ1n) is 4.95. The predicted octanol–water partition coefficient (Wildman–Crippen LogP) is 1.55. The van der Waals surface area contributed by atoms with Crippen molar-refractivity contribution in [1.82, 2.24) is 9.78 Å². The third kappa shape index (κ3) is 1.82. The molecule has 0 saturated heterocycles. The second-order valence-corrected chi connectivity index (χ2v) is 3.66.